The number of rotatable bonds is 7. The number of fused-ring (bicyclic) bond motifs is 1. The third-order valence-corrected chi connectivity index (χ3v) is 3.92. The number of carbonyl (C=O) groups is 2. The van der Waals surface area contributed by atoms with Gasteiger partial charge in [0.25, 0.3) is 5.91 Å². The van der Waals surface area contributed by atoms with Crippen LogP contribution in [0.5, 0.6) is 0 Å². The van der Waals surface area contributed by atoms with Crippen LogP contribution in [0.15, 0.2) is 36.4 Å². The van der Waals surface area contributed by atoms with E-state index in [0.717, 1.165) is 5.56 Å². The van der Waals surface area contributed by atoms with Gasteiger partial charge in [0.05, 0.1) is 0 Å². The molecule has 7 nitrogen and oxygen atoms in total. The Labute approximate surface area is 149 Å². The maximum Gasteiger partial charge on any atom is 0.273 e. The van der Waals surface area contributed by atoms with Crippen LogP contribution in [0.25, 0.3) is 0 Å². The molecule has 0 fully saturated rings. The Kier molecular flexibility index (Phi) is 5.43. The summed E-state index contributed by atoms with van der Waals surface area (Å²) >= 11 is 0. The highest BCUT2D eigenvalue weighted by molar-refractivity contribution is 5.99. The van der Waals surface area contributed by atoms with Gasteiger partial charge in [0, 0.05) is 30.9 Å². The first kappa shape index (κ1) is 17.8. The van der Waals surface area contributed by atoms with Crippen molar-refractivity contribution >= 4 is 23.3 Å². The summed E-state index contributed by atoms with van der Waals surface area (Å²) in [6, 6.07) is 9.43. The summed E-state index contributed by atoms with van der Waals surface area (Å²) in [4.78, 5) is 30.0. The van der Waals surface area contributed by atoms with Gasteiger partial charge in [-0.15, -0.1) is 0 Å². The fraction of sp³-hybridized carbons (Fsp3) is 0.278. The van der Waals surface area contributed by atoms with Crippen molar-refractivity contribution in [2.75, 3.05) is 25.0 Å². The highest BCUT2D eigenvalue weighted by Crippen LogP contribution is 2.24. The predicted molar refractivity (Wildman–Crippen MR) is 93.4 cm³/mol. The molecule has 2 heterocycles. The molecular formula is C18H19FN4O3. The van der Waals surface area contributed by atoms with Crippen molar-refractivity contribution in [1.29, 1.82) is 0 Å². The van der Waals surface area contributed by atoms with Gasteiger partial charge in [-0.25, -0.2) is 9.37 Å². The molecule has 0 spiro atoms. The van der Waals surface area contributed by atoms with E-state index in [1.165, 1.54) is 17.0 Å². The zero-order valence-electron chi connectivity index (χ0n) is 14.0. The van der Waals surface area contributed by atoms with Gasteiger partial charge >= 0.3 is 0 Å². The summed E-state index contributed by atoms with van der Waals surface area (Å²) in [5.41, 5.74) is 1.56. The molecular weight excluding hydrogens is 339 g/mol. The minimum Gasteiger partial charge on any atom is -0.396 e. The average Bonchev–Trinajstić information content (AvgIpc) is 2.91. The molecule has 1 aliphatic rings. The average molecular weight is 358 g/mol. The number of halogens is 1. The summed E-state index contributed by atoms with van der Waals surface area (Å²) in [5, 5.41) is 14.3. The summed E-state index contributed by atoms with van der Waals surface area (Å²) in [6.45, 7) is 0.617. The van der Waals surface area contributed by atoms with Gasteiger partial charge < -0.3 is 20.6 Å². The molecule has 8 heteroatoms. The molecule has 0 aliphatic carbocycles. The van der Waals surface area contributed by atoms with Crippen LogP contribution in [0.2, 0.25) is 0 Å². The van der Waals surface area contributed by atoms with Crippen LogP contribution in [0, 0.1) is 5.82 Å². The van der Waals surface area contributed by atoms with E-state index in [2.05, 4.69) is 15.6 Å². The quantitative estimate of drug-likeness (QED) is 0.651. The number of aliphatic hydroxyl groups excluding tert-OH is 1. The number of carbonyl (C=O) groups excluding carboxylic acids is 2. The number of hydrogen-bond donors (Lipinski definition) is 3. The van der Waals surface area contributed by atoms with Crippen molar-refractivity contribution in [3.8, 4) is 0 Å². The van der Waals surface area contributed by atoms with Crippen molar-refractivity contribution in [3.63, 3.8) is 0 Å². The van der Waals surface area contributed by atoms with Gasteiger partial charge in [0.15, 0.2) is 0 Å². The third-order valence-electron chi connectivity index (χ3n) is 3.92. The highest BCUT2D eigenvalue weighted by atomic mass is 19.1. The Bertz CT molecular complexity index is 828. The number of hydrogen-bond acceptors (Lipinski definition) is 5. The van der Waals surface area contributed by atoms with Gasteiger partial charge in [-0.05, 0) is 30.7 Å². The zero-order valence-corrected chi connectivity index (χ0v) is 14.0. The molecule has 0 radical (unpaired) electrons. The second kappa shape index (κ2) is 7.92. The van der Waals surface area contributed by atoms with E-state index in [1.807, 2.05) is 0 Å². The van der Waals surface area contributed by atoms with E-state index in [9.17, 15) is 14.0 Å². The number of anilines is 2. The number of nitrogens with one attached hydrogen (secondary N) is 2. The number of aliphatic hydroxyl groups is 1. The lowest BCUT2D eigenvalue weighted by Crippen LogP contribution is -2.38. The molecule has 0 unspecified atom stereocenters. The molecule has 0 atom stereocenters. The van der Waals surface area contributed by atoms with Gasteiger partial charge in [-0.1, -0.05) is 12.1 Å². The SMILES string of the molecule is O=C(CN1Cc2ccc(Nc3cccc(F)c3)nc2C1=O)NCCCO. The molecule has 0 saturated heterocycles. The van der Waals surface area contributed by atoms with Crippen molar-refractivity contribution in [1.82, 2.24) is 15.2 Å². The fourth-order valence-corrected chi connectivity index (χ4v) is 2.68. The molecule has 2 amide bonds. The van der Waals surface area contributed by atoms with Crippen molar-refractivity contribution in [2.24, 2.45) is 0 Å². The lowest BCUT2D eigenvalue weighted by atomic mass is 10.2. The molecule has 0 saturated carbocycles. The summed E-state index contributed by atoms with van der Waals surface area (Å²) in [7, 11) is 0. The van der Waals surface area contributed by atoms with Crippen molar-refractivity contribution < 1.29 is 19.1 Å². The molecule has 3 rings (SSSR count). The van der Waals surface area contributed by atoms with Crippen LogP contribution >= 0.6 is 0 Å². The monoisotopic (exact) mass is 358 g/mol. The first-order valence-electron chi connectivity index (χ1n) is 8.26. The zero-order chi connectivity index (χ0) is 18.5. The van der Waals surface area contributed by atoms with Crippen LogP contribution in [0.4, 0.5) is 15.9 Å². The second-order valence-corrected chi connectivity index (χ2v) is 5.93. The number of benzene rings is 1. The molecule has 3 N–H and O–H groups in total. The molecule has 1 aliphatic heterocycles. The number of aromatic nitrogens is 1. The summed E-state index contributed by atoms with van der Waals surface area (Å²) in [5.74, 6) is -0.541. The molecule has 26 heavy (non-hydrogen) atoms. The van der Waals surface area contributed by atoms with E-state index >= 15 is 0 Å². The summed E-state index contributed by atoms with van der Waals surface area (Å²) < 4.78 is 13.3. The van der Waals surface area contributed by atoms with Gasteiger partial charge in [0.1, 0.15) is 23.9 Å². The van der Waals surface area contributed by atoms with Crippen molar-refractivity contribution in [3.05, 3.63) is 53.5 Å². The van der Waals surface area contributed by atoms with Crippen molar-refractivity contribution in [2.45, 2.75) is 13.0 Å². The topological polar surface area (TPSA) is 94.6 Å². The first-order valence-corrected chi connectivity index (χ1v) is 8.26. The molecule has 0 bridgehead atoms. The minimum absolute atomic E-state index is 0.000618. The van der Waals surface area contributed by atoms with Crippen LogP contribution in [0.1, 0.15) is 22.5 Å². The lowest BCUT2D eigenvalue weighted by molar-refractivity contribution is -0.121. The Hall–Kier alpha value is -3.00. The van der Waals surface area contributed by atoms with Crippen LogP contribution < -0.4 is 10.6 Å². The largest absolute Gasteiger partial charge is 0.396 e. The van der Waals surface area contributed by atoms with Crippen LogP contribution in [-0.2, 0) is 11.3 Å². The first-order chi connectivity index (χ1) is 12.6. The van der Waals surface area contributed by atoms with E-state index in [-0.39, 0.29) is 36.5 Å². The highest BCUT2D eigenvalue weighted by Gasteiger charge is 2.30. The van der Waals surface area contributed by atoms with E-state index in [0.29, 0.717) is 31.0 Å². The summed E-state index contributed by atoms with van der Waals surface area (Å²) in [6.07, 6.45) is 0.469. The van der Waals surface area contributed by atoms with E-state index in [4.69, 9.17) is 5.11 Å². The Morgan fingerprint density at radius 3 is 2.92 bits per heavy atom. The molecule has 2 aromatic rings. The fourth-order valence-electron chi connectivity index (χ4n) is 2.68. The Morgan fingerprint density at radius 1 is 1.31 bits per heavy atom. The van der Waals surface area contributed by atoms with E-state index < -0.39 is 0 Å². The third kappa shape index (κ3) is 4.15. The molecule has 1 aromatic carbocycles. The Balaban J connectivity index is 1.66. The smallest absolute Gasteiger partial charge is 0.273 e. The second-order valence-electron chi connectivity index (χ2n) is 5.93. The van der Waals surface area contributed by atoms with E-state index in [1.54, 1.807) is 24.3 Å². The normalized spacial score (nSPS) is 12.8. The molecule has 136 valence electrons. The predicted octanol–water partition coefficient (Wildman–Crippen LogP) is 1.42. The maximum atomic E-state index is 13.3. The van der Waals surface area contributed by atoms with Crippen LogP contribution in [-0.4, -0.2) is 46.5 Å². The lowest BCUT2D eigenvalue weighted by Gasteiger charge is -2.14. The number of nitrogens with zero attached hydrogens (tertiary/aromatic N) is 2. The number of amides is 2. The molecule has 1 aromatic heterocycles. The minimum atomic E-state index is -0.370. The Morgan fingerprint density at radius 2 is 2.15 bits per heavy atom. The van der Waals surface area contributed by atoms with Gasteiger partial charge in [0.2, 0.25) is 5.91 Å². The standard InChI is InChI=1S/C18H19FN4O3/c19-13-3-1-4-14(9-13)21-15-6-5-12-10-23(18(26)17(12)22-15)11-16(25)20-7-2-8-24/h1,3-6,9,24H,2,7-8,10-11H2,(H,20,25)(H,21,22). The maximum absolute atomic E-state index is 13.3. The van der Waals surface area contributed by atoms with Gasteiger partial charge in [-0.3, -0.25) is 9.59 Å². The number of pyridine rings is 1. The van der Waals surface area contributed by atoms with Crippen LogP contribution in [0.3, 0.4) is 0 Å². The van der Waals surface area contributed by atoms with Gasteiger partial charge in [-0.2, -0.15) is 0 Å².